The molecule has 1 aromatic heterocycles. The quantitative estimate of drug-likeness (QED) is 0.763. The van der Waals surface area contributed by atoms with Crippen LogP contribution in [-0.4, -0.2) is 36.1 Å². The third-order valence-corrected chi connectivity index (χ3v) is 5.91. The Morgan fingerprint density at radius 3 is 2.65 bits per heavy atom. The first kappa shape index (κ1) is 17.3. The smallest absolute Gasteiger partial charge is 0.348 e. The summed E-state index contributed by atoms with van der Waals surface area (Å²) in [7, 11) is 0. The maximum atomic E-state index is 12.5. The van der Waals surface area contributed by atoms with Gasteiger partial charge in [-0.3, -0.25) is 9.59 Å². The number of amides is 2. The second kappa shape index (κ2) is 6.24. The van der Waals surface area contributed by atoms with Crippen LogP contribution in [0.3, 0.4) is 0 Å². The number of benzene rings is 1. The minimum absolute atomic E-state index is 0.0946. The zero-order valence-corrected chi connectivity index (χ0v) is 14.3. The van der Waals surface area contributed by atoms with E-state index in [1.54, 1.807) is 18.2 Å². The Kier molecular flexibility index (Phi) is 4.15. The van der Waals surface area contributed by atoms with Gasteiger partial charge in [-0.1, -0.05) is 6.07 Å². The topological polar surface area (TPSA) is 70.2 Å². The number of carbonyl (C=O) groups excluding carboxylic acids is 2. The van der Waals surface area contributed by atoms with E-state index >= 15 is 0 Å². The van der Waals surface area contributed by atoms with Crippen molar-refractivity contribution in [3.8, 4) is 0 Å². The van der Waals surface area contributed by atoms with Crippen LogP contribution in [0.15, 0.2) is 24.3 Å². The van der Waals surface area contributed by atoms with Crippen molar-refractivity contribution in [3.63, 3.8) is 0 Å². The van der Waals surface area contributed by atoms with Gasteiger partial charge in [-0.15, -0.1) is 11.3 Å². The predicted molar refractivity (Wildman–Crippen MR) is 92.3 cm³/mol. The highest BCUT2D eigenvalue weighted by molar-refractivity contribution is 7.23. The third kappa shape index (κ3) is 3.28. The third-order valence-electron chi connectivity index (χ3n) is 4.89. The summed E-state index contributed by atoms with van der Waals surface area (Å²) in [5, 5.41) is 9.10. The lowest BCUT2D eigenvalue weighted by molar-refractivity contribution is -0.167. The van der Waals surface area contributed by atoms with Gasteiger partial charge in [0, 0.05) is 28.4 Å². The predicted octanol–water partition coefficient (Wildman–Crippen LogP) is 3.02. The normalized spacial score (nSPS) is 24.8. The molecule has 3 heterocycles. The zero-order chi connectivity index (χ0) is 18.5. The Labute approximate surface area is 150 Å². The highest BCUT2D eigenvalue weighted by Gasteiger charge is 2.40. The fraction of sp³-hybridized carbons (Fsp3) is 0.412. The number of hydrogen-bond donors (Lipinski definition) is 3. The van der Waals surface area contributed by atoms with Gasteiger partial charge in [0.15, 0.2) is 0 Å². The van der Waals surface area contributed by atoms with Crippen LogP contribution in [0.4, 0.5) is 18.2 Å². The second-order valence-corrected chi connectivity index (χ2v) is 7.76. The summed E-state index contributed by atoms with van der Waals surface area (Å²) in [6.07, 6.45) is -1.81. The van der Waals surface area contributed by atoms with E-state index in [4.69, 9.17) is 0 Å². The maximum Gasteiger partial charge on any atom is 0.471 e. The molecule has 4 rings (SSSR count). The van der Waals surface area contributed by atoms with Crippen molar-refractivity contribution in [2.45, 2.75) is 43.6 Å². The van der Waals surface area contributed by atoms with Crippen molar-refractivity contribution in [2.75, 3.05) is 5.32 Å². The number of carbonyl (C=O) groups is 2. The number of fused-ring (bicyclic) bond motifs is 3. The highest BCUT2D eigenvalue weighted by Crippen LogP contribution is 2.32. The molecule has 3 N–H and O–H groups in total. The molecule has 2 aromatic rings. The Morgan fingerprint density at radius 1 is 1.19 bits per heavy atom. The van der Waals surface area contributed by atoms with E-state index in [1.807, 2.05) is 5.32 Å². The lowest BCUT2D eigenvalue weighted by Crippen LogP contribution is -2.42. The summed E-state index contributed by atoms with van der Waals surface area (Å²) in [5.41, 5.74) is 0.454. The van der Waals surface area contributed by atoms with Crippen LogP contribution in [0, 0.1) is 0 Å². The molecule has 2 bridgehead atoms. The van der Waals surface area contributed by atoms with Gasteiger partial charge in [0.1, 0.15) is 0 Å². The van der Waals surface area contributed by atoms with Crippen molar-refractivity contribution in [3.05, 3.63) is 29.8 Å². The molecule has 2 fully saturated rings. The largest absolute Gasteiger partial charge is 0.471 e. The van der Waals surface area contributed by atoms with E-state index in [0.717, 1.165) is 30.6 Å². The van der Waals surface area contributed by atoms with Crippen molar-refractivity contribution >= 4 is 38.2 Å². The van der Waals surface area contributed by atoms with Crippen molar-refractivity contribution in [1.82, 2.24) is 10.6 Å². The highest BCUT2D eigenvalue weighted by atomic mass is 32.1. The minimum atomic E-state index is -4.93. The van der Waals surface area contributed by atoms with Gasteiger partial charge in [0.05, 0.1) is 5.00 Å². The first-order chi connectivity index (χ1) is 12.3. The Hall–Kier alpha value is -2.13. The summed E-state index contributed by atoms with van der Waals surface area (Å²) in [5.74, 6) is -2.20. The molecule has 2 saturated heterocycles. The Balaban J connectivity index is 1.48. The maximum absolute atomic E-state index is 12.5. The van der Waals surface area contributed by atoms with E-state index in [-0.39, 0.29) is 17.0 Å². The van der Waals surface area contributed by atoms with Gasteiger partial charge < -0.3 is 16.0 Å². The van der Waals surface area contributed by atoms with Crippen LogP contribution in [-0.2, 0) is 4.79 Å². The molecular weight excluding hydrogens is 367 g/mol. The van der Waals surface area contributed by atoms with Crippen LogP contribution < -0.4 is 16.0 Å². The first-order valence-electron chi connectivity index (χ1n) is 8.28. The molecule has 0 unspecified atom stereocenters. The number of hydrogen-bond acceptors (Lipinski definition) is 4. The van der Waals surface area contributed by atoms with Gasteiger partial charge in [-0.2, -0.15) is 13.2 Å². The van der Waals surface area contributed by atoms with E-state index in [2.05, 4.69) is 10.6 Å². The molecule has 0 aliphatic carbocycles. The van der Waals surface area contributed by atoms with E-state index in [0.29, 0.717) is 27.7 Å². The summed E-state index contributed by atoms with van der Waals surface area (Å²) in [6.45, 7) is 0. The molecule has 2 aliphatic heterocycles. The summed E-state index contributed by atoms with van der Waals surface area (Å²) in [6, 6.07) is 7.32. The van der Waals surface area contributed by atoms with Gasteiger partial charge in [-0.05, 0) is 42.8 Å². The van der Waals surface area contributed by atoms with Gasteiger partial charge in [0.25, 0.3) is 5.91 Å². The minimum Gasteiger partial charge on any atom is -0.348 e. The van der Waals surface area contributed by atoms with E-state index in [9.17, 15) is 22.8 Å². The number of rotatable bonds is 3. The number of nitrogens with one attached hydrogen (secondary N) is 3. The fourth-order valence-electron chi connectivity index (χ4n) is 3.65. The van der Waals surface area contributed by atoms with Crippen molar-refractivity contribution in [2.24, 2.45) is 0 Å². The molecule has 2 amide bonds. The zero-order valence-electron chi connectivity index (χ0n) is 13.5. The summed E-state index contributed by atoms with van der Waals surface area (Å²) >= 11 is 1.00. The summed E-state index contributed by atoms with van der Waals surface area (Å²) in [4.78, 5) is 23.5. The van der Waals surface area contributed by atoms with Crippen LogP contribution in [0.1, 0.15) is 29.6 Å². The van der Waals surface area contributed by atoms with E-state index < -0.39 is 12.1 Å². The lowest BCUT2D eigenvalue weighted by atomic mass is 9.95. The van der Waals surface area contributed by atoms with Crippen LogP contribution in [0.5, 0.6) is 0 Å². The average Bonchev–Trinajstić information content (AvgIpc) is 3.27. The Morgan fingerprint density at radius 2 is 2.00 bits per heavy atom. The molecule has 1 aromatic carbocycles. The molecular formula is C17H16F3N3O2S. The molecule has 5 nitrogen and oxygen atoms in total. The van der Waals surface area contributed by atoms with Crippen LogP contribution in [0.25, 0.3) is 10.1 Å². The average molecular weight is 383 g/mol. The number of halogens is 3. The molecule has 0 radical (unpaired) electrons. The molecule has 9 heteroatoms. The van der Waals surface area contributed by atoms with Crippen molar-refractivity contribution in [1.29, 1.82) is 0 Å². The molecule has 138 valence electrons. The van der Waals surface area contributed by atoms with Crippen LogP contribution in [0.2, 0.25) is 0 Å². The Bertz CT molecular complexity index is 880. The summed E-state index contributed by atoms with van der Waals surface area (Å²) < 4.78 is 37.7. The van der Waals surface area contributed by atoms with E-state index in [1.165, 1.54) is 6.07 Å². The van der Waals surface area contributed by atoms with Gasteiger partial charge in [-0.25, -0.2) is 0 Å². The van der Waals surface area contributed by atoms with Gasteiger partial charge >= 0.3 is 12.1 Å². The first-order valence-corrected chi connectivity index (χ1v) is 9.10. The number of thiophene rings is 1. The number of alkyl halides is 3. The monoisotopic (exact) mass is 383 g/mol. The lowest BCUT2D eigenvalue weighted by Gasteiger charge is -2.21. The fourth-order valence-corrected chi connectivity index (χ4v) is 4.65. The molecule has 26 heavy (non-hydrogen) atoms. The second-order valence-electron chi connectivity index (χ2n) is 6.68. The molecule has 3 atom stereocenters. The molecule has 2 aliphatic rings. The van der Waals surface area contributed by atoms with Crippen LogP contribution >= 0.6 is 11.3 Å². The SMILES string of the molecule is O=C(N[C@@H]1C[C@H]2CC[C@@H]1N2)c1ccc2cc(NC(=O)C(F)(F)F)sc2c1. The molecule has 0 saturated carbocycles. The molecule has 0 spiro atoms. The van der Waals surface area contributed by atoms with Gasteiger partial charge in [0.2, 0.25) is 0 Å². The standard InChI is InChI=1S/C17H16F3N3O2S/c18-17(19,20)16(25)23-14-6-8-1-2-9(5-13(8)26-14)15(24)22-12-7-10-3-4-11(12)21-10/h1-2,5-6,10-12,21H,3-4,7H2,(H,22,24)(H,23,25)/t10-,11+,12-/m1/s1. The number of anilines is 1. The van der Waals surface area contributed by atoms with Crippen molar-refractivity contribution < 1.29 is 22.8 Å².